The molecule has 1 N–H and O–H groups in total. The first-order valence-electron chi connectivity index (χ1n) is 8.90. The second-order valence-electron chi connectivity index (χ2n) is 6.14. The SMILES string of the molecule is COCCCNC(=O)c1cc(-c2ccc(OC)cc2)nn1-c1cccc(Cl)c1. The number of methoxy groups -OCH3 is 2. The molecule has 28 heavy (non-hydrogen) atoms. The Bertz CT molecular complexity index is 938. The zero-order valence-corrected chi connectivity index (χ0v) is 16.6. The number of aromatic nitrogens is 2. The van der Waals surface area contributed by atoms with Gasteiger partial charge in [-0.1, -0.05) is 17.7 Å². The van der Waals surface area contributed by atoms with Gasteiger partial charge in [-0.15, -0.1) is 0 Å². The fourth-order valence-corrected chi connectivity index (χ4v) is 2.94. The van der Waals surface area contributed by atoms with E-state index in [2.05, 4.69) is 10.4 Å². The molecular weight excluding hydrogens is 378 g/mol. The summed E-state index contributed by atoms with van der Waals surface area (Å²) >= 11 is 6.13. The molecule has 1 amide bonds. The van der Waals surface area contributed by atoms with Crippen LogP contribution in [-0.2, 0) is 4.74 Å². The number of rotatable bonds is 8. The molecule has 0 radical (unpaired) electrons. The molecule has 3 aromatic rings. The minimum atomic E-state index is -0.205. The van der Waals surface area contributed by atoms with Crippen LogP contribution in [0.3, 0.4) is 0 Å². The van der Waals surface area contributed by atoms with E-state index in [-0.39, 0.29) is 5.91 Å². The third-order valence-electron chi connectivity index (χ3n) is 4.19. The predicted octanol–water partition coefficient (Wildman–Crippen LogP) is 3.97. The lowest BCUT2D eigenvalue weighted by atomic mass is 10.1. The maximum atomic E-state index is 12.8. The van der Waals surface area contributed by atoms with Gasteiger partial charge in [-0.3, -0.25) is 4.79 Å². The highest BCUT2D eigenvalue weighted by molar-refractivity contribution is 6.30. The molecule has 0 unspecified atom stereocenters. The number of hydrogen-bond donors (Lipinski definition) is 1. The Balaban J connectivity index is 1.95. The van der Waals surface area contributed by atoms with Crippen molar-refractivity contribution >= 4 is 17.5 Å². The summed E-state index contributed by atoms with van der Waals surface area (Å²) in [5.41, 5.74) is 2.72. The zero-order valence-electron chi connectivity index (χ0n) is 15.8. The number of nitrogens with zero attached hydrogens (tertiary/aromatic N) is 2. The van der Waals surface area contributed by atoms with E-state index in [1.165, 1.54) is 0 Å². The molecule has 0 atom stereocenters. The van der Waals surface area contributed by atoms with Gasteiger partial charge < -0.3 is 14.8 Å². The second kappa shape index (κ2) is 9.39. The van der Waals surface area contributed by atoms with Crippen LogP contribution in [-0.4, -0.2) is 43.1 Å². The van der Waals surface area contributed by atoms with E-state index in [9.17, 15) is 4.79 Å². The van der Waals surface area contributed by atoms with Crippen LogP contribution in [0, 0.1) is 0 Å². The summed E-state index contributed by atoms with van der Waals surface area (Å²) in [6, 6.07) is 16.5. The lowest BCUT2D eigenvalue weighted by Gasteiger charge is -2.08. The third kappa shape index (κ3) is 4.71. The van der Waals surface area contributed by atoms with Gasteiger partial charge in [0.1, 0.15) is 11.4 Å². The van der Waals surface area contributed by atoms with Crippen molar-refractivity contribution in [1.29, 1.82) is 0 Å². The van der Waals surface area contributed by atoms with Gasteiger partial charge in [0.05, 0.1) is 18.5 Å². The van der Waals surface area contributed by atoms with Crippen molar-refractivity contribution in [3.8, 4) is 22.7 Å². The van der Waals surface area contributed by atoms with Gasteiger partial charge in [0.25, 0.3) is 5.91 Å². The average molecular weight is 400 g/mol. The van der Waals surface area contributed by atoms with Crippen molar-refractivity contribution in [2.45, 2.75) is 6.42 Å². The van der Waals surface area contributed by atoms with Crippen LogP contribution in [0.5, 0.6) is 5.75 Å². The third-order valence-corrected chi connectivity index (χ3v) is 4.43. The van der Waals surface area contributed by atoms with Crippen molar-refractivity contribution in [3.63, 3.8) is 0 Å². The number of ether oxygens (including phenoxy) is 2. The van der Waals surface area contributed by atoms with Gasteiger partial charge in [-0.2, -0.15) is 5.10 Å². The fourth-order valence-electron chi connectivity index (χ4n) is 2.76. The summed E-state index contributed by atoms with van der Waals surface area (Å²) < 4.78 is 11.8. The molecule has 1 aromatic heterocycles. The molecule has 6 nitrogen and oxygen atoms in total. The molecule has 3 rings (SSSR count). The van der Waals surface area contributed by atoms with E-state index in [4.69, 9.17) is 21.1 Å². The van der Waals surface area contributed by atoms with Crippen LogP contribution >= 0.6 is 11.6 Å². The highest BCUT2D eigenvalue weighted by Crippen LogP contribution is 2.25. The van der Waals surface area contributed by atoms with Crippen LogP contribution in [0.25, 0.3) is 16.9 Å². The summed E-state index contributed by atoms with van der Waals surface area (Å²) in [6.45, 7) is 1.11. The van der Waals surface area contributed by atoms with Gasteiger partial charge in [0.2, 0.25) is 0 Å². The maximum Gasteiger partial charge on any atom is 0.270 e. The molecule has 1 heterocycles. The van der Waals surface area contributed by atoms with Crippen LogP contribution in [0.4, 0.5) is 0 Å². The number of amides is 1. The zero-order chi connectivity index (χ0) is 19.9. The van der Waals surface area contributed by atoms with Crippen LogP contribution in [0.1, 0.15) is 16.9 Å². The Kier molecular flexibility index (Phi) is 6.68. The Morgan fingerprint density at radius 3 is 2.61 bits per heavy atom. The second-order valence-corrected chi connectivity index (χ2v) is 6.57. The lowest BCUT2D eigenvalue weighted by molar-refractivity contribution is 0.0941. The van der Waals surface area contributed by atoms with E-state index in [0.717, 1.165) is 17.7 Å². The maximum absolute atomic E-state index is 12.8. The van der Waals surface area contributed by atoms with Crippen LogP contribution in [0.2, 0.25) is 5.02 Å². The van der Waals surface area contributed by atoms with Gasteiger partial charge in [-0.25, -0.2) is 4.68 Å². The quantitative estimate of drug-likeness (QED) is 0.582. The van der Waals surface area contributed by atoms with Crippen LogP contribution < -0.4 is 10.1 Å². The monoisotopic (exact) mass is 399 g/mol. The predicted molar refractivity (Wildman–Crippen MR) is 109 cm³/mol. The van der Waals surface area contributed by atoms with E-state index in [0.29, 0.717) is 35.2 Å². The smallest absolute Gasteiger partial charge is 0.270 e. The Morgan fingerprint density at radius 1 is 1.14 bits per heavy atom. The van der Waals surface area contributed by atoms with Crippen molar-refractivity contribution < 1.29 is 14.3 Å². The summed E-state index contributed by atoms with van der Waals surface area (Å²) in [5.74, 6) is 0.553. The fraction of sp³-hybridized carbons (Fsp3) is 0.238. The van der Waals surface area contributed by atoms with Crippen molar-refractivity contribution in [2.24, 2.45) is 0 Å². The van der Waals surface area contributed by atoms with Gasteiger partial charge in [-0.05, 0) is 55.0 Å². The molecule has 0 aliphatic rings. The first kappa shape index (κ1) is 19.9. The van der Waals surface area contributed by atoms with Crippen molar-refractivity contribution in [3.05, 3.63) is 65.3 Å². The molecule has 0 aliphatic carbocycles. The van der Waals surface area contributed by atoms with E-state index in [1.54, 1.807) is 37.1 Å². The normalized spacial score (nSPS) is 10.7. The first-order chi connectivity index (χ1) is 13.6. The molecule has 146 valence electrons. The highest BCUT2D eigenvalue weighted by atomic mass is 35.5. The number of benzene rings is 2. The Morgan fingerprint density at radius 2 is 1.93 bits per heavy atom. The largest absolute Gasteiger partial charge is 0.497 e. The number of hydrogen-bond acceptors (Lipinski definition) is 4. The Hall–Kier alpha value is -2.83. The highest BCUT2D eigenvalue weighted by Gasteiger charge is 2.17. The van der Waals surface area contributed by atoms with Crippen molar-refractivity contribution in [2.75, 3.05) is 27.4 Å². The number of nitrogens with one attached hydrogen (secondary N) is 1. The van der Waals surface area contributed by atoms with Gasteiger partial charge in [0, 0.05) is 30.8 Å². The minimum Gasteiger partial charge on any atom is -0.497 e. The molecule has 7 heteroatoms. The molecule has 0 saturated heterocycles. The summed E-state index contributed by atoms with van der Waals surface area (Å²) in [5, 5.41) is 8.13. The molecule has 2 aromatic carbocycles. The van der Waals surface area contributed by atoms with Crippen molar-refractivity contribution in [1.82, 2.24) is 15.1 Å². The first-order valence-corrected chi connectivity index (χ1v) is 9.27. The summed E-state index contributed by atoms with van der Waals surface area (Å²) in [7, 11) is 3.26. The molecule has 0 saturated carbocycles. The average Bonchev–Trinajstić information content (AvgIpc) is 3.17. The molecule has 0 bridgehead atoms. The van der Waals surface area contributed by atoms with E-state index >= 15 is 0 Å². The summed E-state index contributed by atoms with van der Waals surface area (Å²) in [6.07, 6.45) is 0.735. The minimum absolute atomic E-state index is 0.205. The standard InChI is InChI=1S/C21H22ClN3O3/c1-27-12-4-11-23-21(26)20-14-19(15-7-9-18(28-2)10-8-15)24-25(20)17-6-3-5-16(22)13-17/h3,5-10,13-14H,4,11-12H2,1-2H3,(H,23,26). The lowest BCUT2D eigenvalue weighted by Crippen LogP contribution is -2.27. The molecular formula is C21H22ClN3O3. The number of carbonyl (C=O) groups is 1. The molecule has 0 aliphatic heterocycles. The Labute approximate surface area is 169 Å². The number of halogens is 1. The molecule has 0 fully saturated rings. The molecule has 0 spiro atoms. The van der Waals surface area contributed by atoms with Crippen LogP contribution in [0.15, 0.2) is 54.6 Å². The van der Waals surface area contributed by atoms with E-state index in [1.807, 2.05) is 36.4 Å². The summed E-state index contributed by atoms with van der Waals surface area (Å²) in [4.78, 5) is 12.8. The number of carbonyl (C=O) groups excluding carboxylic acids is 1. The topological polar surface area (TPSA) is 65.4 Å². The van der Waals surface area contributed by atoms with Gasteiger partial charge >= 0.3 is 0 Å². The van der Waals surface area contributed by atoms with Gasteiger partial charge in [0.15, 0.2) is 0 Å². The van der Waals surface area contributed by atoms with E-state index < -0.39 is 0 Å².